The maximum atomic E-state index is 13.0. The van der Waals surface area contributed by atoms with Gasteiger partial charge in [0.2, 0.25) is 5.91 Å². The first-order valence-electron chi connectivity index (χ1n) is 9.83. The molecule has 6 nitrogen and oxygen atoms in total. The van der Waals surface area contributed by atoms with Gasteiger partial charge in [-0.3, -0.25) is 14.5 Å². The molecule has 1 aliphatic rings. The van der Waals surface area contributed by atoms with Crippen LogP contribution in [-0.4, -0.2) is 41.4 Å². The molecule has 0 spiro atoms. The summed E-state index contributed by atoms with van der Waals surface area (Å²) in [5, 5.41) is 4.76. The Labute approximate surface area is 165 Å². The second-order valence-electron chi connectivity index (χ2n) is 7.39. The number of amides is 4. The first kappa shape index (κ1) is 19.9. The fourth-order valence-corrected chi connectivity index (χ4v) is 3.74. The number of carbonyl (C=O) groups excluding carboxylic acids is 3. The zero-order valence-electron chi connectivity index (χ0n) is 16.7. The Morgan fingerprint density at radius 3 is 2.54 bits per heavy atom. The quantitative estimate of drug-likeness (QED) is 0.744. The maximum absolute atomic E-state index is 13.0. The third-order valence-electron chi connectivity index (χ3n) is 5.34. The standard InChI is InChI=1S/C22H27N3O3/c1-4-6-14-22(3)20(27)25(21(28)23-22)15-19(26)24(5-2)18-13-9-11-16-10-7-8-12-17(16)18/h7-13H,4-6,14-15H2,1-3H3,(H,23,28). The molecule has 1 unspecified atom stereocenters. The van der Waals surface area contributed by atoms with Crippen molar-refractivity contribution < 1.29 is 14.4 Å². The molecular weight excluding hydrogens is 354 g/mol. The number of carbonyl (C=O) groups is 3. The number of rotatable bonds is 7. The van der Waals surface area contributed by atoms with Gasteiger partial charge in [0, 0.05) is 11.9 Å². The van der Waals surface area contributed by atoms with E-state index >= 15 is 0 Å². The van der Waals surface area contributed by atoms with Crippen molar-refractivity contribution in [3.8, 4) is 0 Å². The Kier molecular flexibility index (Phi) is 5.68. The van der Waals surface area contributed by atoms with Crippen LogP contribution in [0.3, 0.4) is 0 Å². The topological polar surface area (TPSA) is 69.7 Å². The predicted octanol–water partition coefficient (Wildman–Crippen LogP) is 3.69. The van der Waals surface area contributed by atoms with E-state index in [4.69, 9.17) is 0 Å². The van der Waals surface area contributed by atoms with Crippen LogP contribution < -0.4 is 10.2 Å². The van der Waals surface area contributed by atoms with Crippen LogP contribution in [0.1, 0.15) is 40.0 Å². The maximum Gasteiger partial charge on any atom is 0.325 e. The summed E-state index contributed by atoms with van der Waals surface area (Å²) in [6, 6.07) is 13.1. The van der Waals surface area contributed by atoms with E-state index in [0.29, 0.717) is 13.0 Å². The zero-order valence-corrected chi connectivity index (χ0v) is 16.7. The molecule has 4 amide bonds. The van der Waals surface area contributed by atoms with E-state index in [0.717, 1.165) is 34.2 Å². The van der Waals surface area contributed by atoms with Gasteiger partial charge in [-0.25, -0.2) is 4.79 Å². The van der Waals surface area contributed by atoms with Gasteiger partial charge in [-0.15, -0.1) is 0 Å². The van der Waals surface area contributed by atoms with Gasteiger partial charge in [0.05, 0.1) is 5.69 Å². The highest BCUT2D eigenvalue weighted by Gasteiger charge is 2.47. The molecule has 2 aromatic carbocycles. The lowest BCUT2D eigenvalue weighted by molar-refractivity contribution is -0.134. The fourth-order valence-electron chi connectivity index (χ4n) is 3.74. The lowest BCUT2D eigenvalue weighted by Crippen LogP contribution is -2.46. The number of likely N-dealkylation sites (N-methyl/N-ethyl adjacent to an activating group) is 1. The summed E-state index contributed by atoms with van der Waals surface area (Å²) in [5.74, 6) is -0.602. The first-order valence-corrected chi connectivity index (χ1v) is 9.83. The highest BCUT2D eigenvalue weighted by molar-refractivity contribution is 6.11. The van der Waals surface area contributed by atoms with E-state index in [1.165, 1.54) is 0 Å². The van der Waals surface area contributed by atoms with Gasteiger partial charge < -0.3 is 10.2 Å². The van der Waals surface area contributed by atoms with Gasteiger partial charge in [-0.05, 0) is 31.7 Å². The number of fused-ring (bicyclic) bond motifs is 1. The SMILES string of the molecule is CCCCC1(C)NC(=O)N(CC(=O)N(CC)c2cccc3ccccc23)C1=O. The van der Waals surface area contributed by atoms with Crippen LogP contribution in [0.4, 0.5) is 10.5 Å². The van der Waals surface area contributed by atoms with Crippen LogP contribution in [-0.2, 0) is 9.59 Å². The summed E-state index contributed by atoms with van der Waals surface area (Å²) >= 11 is 0. The molecule has 148 valence electrons. The molecule has 0 aromatic heterocycles. The molecule has 28 heavy (non-hydrogen) atoms. The lowest BCUT2D eigenvalue weighted by Gasteiger charge is -2.25. The van der Waals surface area contributed by atoms with E-state index in [-0.39, 0.29) is 18.4 Å². The number of imide groups is 1. The molecule has 1 aliphatic heterocycles. The summed E-state index contributed by atoms with van der Waals surface area (Å²) in [4.78, 5) is 40.9. The molecular formula is C22H27N3O3. The van der Waals surface area contributed by atoms with E-state index in [2.05, 4.69) is 5.32 Å². The highest BCUT2D eigenvalue weighted by atomic mass is 16.2. The number of hydrogen-bond donors (Lipinski definition) is 1. The molecule has 3 rings (SSSR count). The van der Waals surface area contributed by atoms with Gasteiger partial charge in [0.15, 0.2) is 0 Å². The molecule has 0 radical (unpaired) electrons. The summed E-state index contributed by atoms with van der Waals surface area (Å²) in [6.45, 7) is 5.84. The third kappa shape index (κ3) is 3.59. The van der Waals surface area contributed by atoms with Crippen LogP contribution in [0, 0.1) is 0 Å². The summed E-state index contributed by atoms with van der Waals surface area (Å²) < 4.78 is 0. The highest BCUT2D eigenvalue weighted by Crippen LogP contribution is 2.28. The van der Waals surface area contributed by atoms with Crippen LogP contribution in [0.25, 0.3) is 10.8 Å². The molecule has 2 aromatic rings. The van der Waals surface area contributed by atoms with Crippen molar-refractivity contribution in [3.63, 3.8) is 0 Å². The lowest BCUT2D eigenvalue weighted by atomic mass is 9.95. The summed E-state index contributed by atoms with van der Waals surface area (Å²) in [7, 11) is 0. The first-order chi connectivity index (χ1) is 13.4. The van der Waals surface area contributed by atoms with Crippen molar-refractivity contribution in [2.45, 2.75) is 45.6 Å². The Morgan fingerprint density at radius 1 is 1.11 bits per heavy atom. The van der Waals surface area contributed by atoms with E-state index in [1.807, 2.05) is 56.3 Å². The van der Waals surface area contributed by atoms with Crippen LogP contribution in [0.15, 0.2) is 42.5 Å². The molecule has 0 saturated carbocycles. The van der Waals surface area contributed by atoms with Gasteiger partial charge in [0.25, 0.3) is 5.91 Å². The minimum atomic E-state index is -0.927. The largest absolute Gasteiger partial charge is 0.325 e. The van der Waals surface area contributed by atoms with Gasteiger partial charge in [-0.2, -0.15) is 0 Å². The smallest absolute Gasteiger partial charge is 0.323 e. The molecule has 1 N–H and O–H groups in total. The van der Waals surface area contributed by atoms with E-state index in [1.54, 1.807) is 11.8 Å². The Bertz CT molecular complexity index is 906. The van der Waals surface area contributed by atoms with Crippen LogP contribution in [0.5, 0.6) is 0 Å². The third-order valence-corrected chi connectivity index (χ3v) is 5.34. The van der Waals surface area contributed by atoms with Crippen molar-refractivity contribution in [2.75, 3.05) is 18.0 Å². The normalized spacial score (nSPS) is 19.2. The Hall–Kier alpha value is -2.89. The van der Waals surface area contributed by atoms with Crippen LogP contribution in [0.2, 0.25) is 0 Å². The molecule has 1 heterocycles. The minimum Gasteiger partial charge on any atom is -0.323 e. The monoisotopic (exact) mass is 381 g/mol. The molecule has 1 fully saturated rings. The van der Waals surface area contributed by atoms with E-state index < -0.39 is 11.6 Å². The number of benzene rings is 2. The van der Waals surface area contributed by atoms with Crippen molar-refractivity contribution in [3.05, 3.63) is 42.5 Å². The number of hydrogen-bond acceptors (Lipinski definition) is 3. The molecule has 1 atom stereocenters. The Morgan fingerprint density at radius 2 is 1.82 bits per heavy atom. The van der Waals surface area contributed by atoms with Gasteiger partial charge in [0.1, 0.15) is 12.1 Å². The van der Waals surface area contributed by atoms with Crippen molar-refractivity contribution in [1.29, 1.82) is 0 Å². The number of urea groups is 1. The summed E-state index contributed by atoms with van der Waals surface area (Å²) in [6.07, 6.45) is 2.34. The number of anilines is 1. The number of nitrogens with zero attached hydrogens (tertiary/aromatic N) is 2. The molecule has 6 heteroatoms. The van der Waals surface area contributed by atoms with Crippen molar-refractivity contribution in [2.24, 2.45) is 0 Å². The minimum absolute atomic E-state index is 0.260. The molecule has 1 saturated heterocycles. The fraction of sp³-hybridized carbons (Fsp3) is 0.409. The van der Waals surface area contributed by atoms with Crippen molar-refractivity contribution >= 4 is 34.3 Å². The summed E-state index contributed by atoms with van der Waals surface area (Å²) in [5.41, 5.74) is -0.143. The van der Waals surface area contributed by atoms with Gasteiger partial charge >= 0.3 is 6.03 Å². The number of unbranched alkanes of at least 4 members (excludes halogenated alkanes) is 1. The predicted molar refractivity (Wildman–Crippen MR) is 110 cm³/mol. The zero-order chi connectivity index (χ0) is 20.3. The van der Waals surface area contributed by atoms with Crippen molar-refractivity contribution in [1.82, 2.24) is 10.2 Å². The van der Waals surface area contributed by atoms with Crippen LogP contribution >= 0.6 is 0 Å². The molecule has 0 bridgehead atoms. The Balaban J connectivity index is 1.83. The average molecular weight is 381 g/mol. The average Bonchev–Trinajstić information content (AvgIpc) is 2.90. The molecule has 0 aliphatic carbocycles. The van der Waals surface area contributed by atoms with Gasteiger partial charge in [-0.1, -0.05) is 56.2 Å². The second kappa shape index (κ2) is 8.00. The second-order valence-corrected chi connectivity index (χ2v) is 7.39. The number of nitrogens with one attached hydrogen (secondary N) is 1. The van der Waals surface area contributed by atoms with E-state index in [9.17, 15) is 14.4 Å².